The molecule has 0 bridgehead atoms. The maximum atomic E-state index is 12.2. The summed E-state index contributed by atoms with van der Waals surface area (Å²) >= 11 is 0. The third-order valence-electron chi connectivity index (χ3n) is 4.18. The molecule has 6 nitrogen and oxygen atoms in total. The third kappa shape index (κ3) is 4.99. The Morgan fingerprint density at radius 3 is 2.70 bits per heavy atom. The molecule has 1 aromatic carbocycles. The number of nitrogens with two attached hydrogens (primary N) is 1. The Balaban J connectivity index is 0.00000264. The predicted octanol–water partition coefficient (Wildman–Crippen LogP) is 1.73. The Bertz CT molecular complexity index is 541. The highest BCUT2D eigenvalue weighted by Crippen LogP contribution is 2.30. The molecule has 130 valence electrons. The van der Waals surface area contributed by atoms with Crippen LogP contribution in [0.25, 0.3) is 0 Å². The molecule has 0 aliphatic carbocycles. The van der Waals surface area contributed by atoms with Crippen molar-refractivity contribution >= 4 is 24.0 Å². The van der Waals surface area contributed by atoms with Gasteiger partial charge in [0.1, 0.15) is 11.5 Å². The number of hydrogen-bond acceptors (Lipinski definition) is 5. The monoisotopic (exact) mass is 343 g/mol. The van der Waals surface area contributed by atoms with Gasteiger partial charge in [-0.05, 0) is 37.1 Å². The zero-order chi connectivity index (χ0) is 16.2. The van der Waals surface area contributed by atoms with E-state index in [2.05, 4.69) is 17.1 Å². The van der Waals surface area contributed by atoms with Crippen LogP contribution < -0.4 is 20.5 Å². The van der Waals surface area contributed by atoms with Gasteiger partial charge in [0.15, 0.2) is 0 Å². The molecule has 0 spiro atoms. The molecular formula is C16H26ClN3O3. The number of carbonyl (C=O) groups is 1. The van der Waals surface area contributed by atoms with Gasteiger partial charge in [0.2, 0.25) is 5.91 Å². The Morgan fingerprint density at radius 2 is 2.13 bits per heavy atom. The Kier molecular flexibility index (Phi) is 7.12. The van der Waals surface area contributed by atoms with Crippen LogP contribution in [0, 0.1) is 5.41 Å². The van der Waals surface area contributed by atoms with Crippen molar-refractivity contribution in [1.29, 1.82) is 0 Å². The minimum Gasteiger partial charge on any atom is -0.497 e. The lowest BCUT2D eigenvalue weighted by Crippen LogP contribution is -2.35. The van der Waals surface area contributed by atoms with E-state index in [1.54, 1.807) is 32.4 Å². The fraction of sp³-hybridized carbons (Fsp3) is 0.562. The summed E-state index contributed by atoms with van der Waals surface area (Å²) < 4.78 is 10.4. The van der Waals surface area contributed by atoms with E-state index >= 15 is 0 Å². The predicted molar refractivity (Wildman–Crippen MR) is 93.6 cm³/mol. The molecule has 1 fully saturated rings. The van der Waals surface area contributed by atoms with Crippen LogP contribution in [0.5, 0.6) is 11.5 Å². The van der Waals surface area contributed by atoms with Gasteiger partial charge in [-0.25, -0.2) is 0 Å². The molecule has 1 aliphatic heterocycles. The van der Waals surface area contributed by atoms with Crippen LogP contribution in [-0.2, 0) is 4.79 Å². The first-order valence-electron chi connectivity index (χ1n) is 7.44. The highest BCUT2D eigenvalue weighted by atomic mass is 35.5. The van der Waals surface area contributed by atoms with Crippen molar-refractivity contribution in [1.82, 2.24) is 4.90 Å². The van der Waals surface area contributed by atoms with Crippen molar-refractivity contribution in [3.63, 3.8) is 0 Å². The van der Waals surface area contributed by atoms with E-state index in [0.717, 1.165) is 19.5 Å². The molecule has 3 N–H and O–H groups in total. The number of anilines is 1. The standard InChI is InChI=1S/C16H25N3O3.ClH/c1-16(10-17)6-7-19(11-16)9-15(20)18-13-5-4-12(21-2)8-14(13)22-3;/h4-5,8H,6-7,9-11,17H2,1-3H3,(H,18,20);1H. The fourth-order valence-corrected chi connectivity index (χ4v) is 2.72. The lowest BCUT2D eigenvalue weighted by molar-refractivity contribution is -0.117. The normalized spacial score (nSPS) is 20.7. The van der Waals surface area contributed by atoms with Gasteiger partial charge in [-0.15, -0.1) is 12.4 Å². The molecule has 1 aromatic rings. The number of likely N-dealkylation sites (tertiary alicyclic amines) is 1. The summed E-state index contributed by atoms with van der Waals surface area (Å²) in [6, 6.07) is 5.32. The summed E-state index contributed by atoms with van der Waals surface area (Å²) in [6.45, 7) is 4.94. The number of nitrogens with zero attached hydrogens (tertiary/aromatic N) is 1. The van der Waals surface area contributed by atoms with E-state index in [9.17, 15) is 4.79 Å². The smallest absolute Gasteiger partial charge is 0.238 e. The average molecular weight is 344 g/mol. The van der Waals surface area contributed by atoms with Crippen molar-refractivity contribution in [3.05, 3.63) is 18.2 Å². The Morgan fingerprint density at radius 1 is 1.39 bits per heavy atom. The third-order valence-corrected chi connectivity index (χ3v) is 4.18. The minimum absolute atomic E-state index is 0. The van der Waals surface area contributed by atoms with Crippen LogP contribution in [0.1, 0.15) is 13.3 Å². The molecule has 1 saturated heterocycles. The van der Waals surface area contributed by atoms with Crippen LogP contribution in [0.3, 0.4) is 0 Å². The molecule has 2 rings (SSSR count). The largest absolute Gasteiger partial charge is 0.497 e. The lowest BCUT2D eigenvalue weighted by atomic mass is 9.90. The second-order valence-electron chi connectivity index (χ2n) is 6.09. The quantitative estimate of drug-likeness (QED) is 0.822. The molecule has 23 heavy (non-hydrogen) atoms. The second kappa shape index (κ2) is 8.38. The Labute approximate surface area is 143 Å². The molecule has 7 heteroatoms. The SMILES string of the molecule is COc1ccc(NC(=O)CN2CCC(C)(CN)C2)c(OC)c1.Cl. The van der Waals surface area contributed by atoms with Crippen molar-refractivity contribution in [3.8, 4) is 11.5 Å². The van der Waals surface area contributed by atoms with Crippen LogP contribution in [-0.4, -0.2) is 51.2 Å². The second-order valence-corrected chi connectivity index (χ2v) is 6.09. The van der Waals surface area contributed by atoms with E-state index in [1.807, 2.05) is 0 Å². The Hall–Kier alpha value is -1.50. The van der Waals surface area contributed by atoms with Gasteiger partial charge in [-0.3, -0.25) is 9.69 Å². The summed E-state index contributed by atoms with van der Waals surface area (Å²) in [5, 5.41) is 2.89. The highest BCUT2D eigenvalue weighted by Gasteiger charge is 2.33. The molecule has 1 unspecified atom stereocenters. The summed E-state index contributed by atoms with van der Waals surface area (Å²) in [7, 11) is 3.16. The summed E-state index contributed by atoms with van der Waals surface area (Å²) in [4.78, 5) is 14.4. The topological polar surface area (TPSA) is 76.8 Å². The van der Waals surface area contributed by atoms with Crippen molar-refractivity contribution in [2.75, 3.05) is 45.7 Å². The molecule has 0 radical (unpaired) electrons. The summed E-state index contributed by atoms with van der Waals surface area (Å²) in [6.07, 6.45) is 1.03. The highest BCUT2D eigenvalue weighted by molar-refractivity contribution is 5.93. The summed E-state index contributed by atoms with van der Waals surface area (Å²) in [5.41, 5.74) is 6.56. The van der Waals surface area contributed by atoms with E-state index in [4.69, 9.17) is 15.2 Å². The number of hydrogen-bond donors (Lipinski definition) is 2. The van der Waals surface area contributed by atoms with E-state index in [1.165, 1.54) is 0 Å². The molecule has 1 amide bonds. The molecular weight excluding hydrogens is 318 g/mol. The number of nitrogens with one attached hydrogen (secondary N) is 1. The number of amides is 1. The maximum absolute atomic E-state index is 12.2. The van der Waals surface area contributed by atoms with E-state index in [-0.39, 0.29) is 23.7 Å². The number of halogens is 1. The van der Waals surface area contributed by atoms with Gasteiger partial charge in [-0.1, -0.05) is 6.92 Å². The van der Waals surface area contributed by atoms with Crippen LogP contribution in [0.15, 0.2) is 18.2 Å². The maximum Gasteiger partial charge on any atom is 0.238 e. The van der Waals surface area contributed by atoms with Crippen molar-refractivity contribution in [2.24, 2.45) is 11.1 Å². The number of methoxy groups -OCH3 is 2. The zero-order valence-electron chi connectivity index (χ0n) is 13.9. The average Bonchev–Trinajstić information content (AvgIpc) is 2.89. The van der Waals surface area contributed by atoms with Crippen LogP contribution >= 0.6 is 12.4 Å². The number of carbonyl (C=O) groups excluding carboxylic acids is 1. The lowest BCUT2D eigenvalue weighted by Gasteiger charge is -2.22. The van der Waals surface area contributed by atoms with Gasteiger partial charge in [0, 0.05) is 12.6 Å². The van der Waals surface area contributed by atoms with E-state index < -0.39 is 0 Å². The number of rotatable bonds is 6. The number of benzene rings is 1. The van der Waals surface area contributed by atoms with Gasteiger partial charge >= 0.3 is 0 Å². The van der Waals surface area contributed by atoms with Crippen LogP contribution in [0.4, 0.5) is 5.69 Å². The fourth-order valence-electron chi connectivity index (χ4n) is 2.72. The van der Waals surface area contributed by atoms with Gasteiger partial charge in [0.25, 0.3) is 0 Å². The number of ether oxygens (including phenoxy) is 2. The molecule has 1 heterocycles. The molecule has 1 atom stereocenters. The minimum atomic E-state index is -0.0512. The van der Waals surface area contributed by atoms with Gasteiger partial charge in [0.05, 0.1) is 26.5 Å². The first kappa shape index (κ1) is 19.5. The molecule has 0 aromatic heterocycles. The van der Waals surface area contributed by atoms with E-state index in [0.29, 0.717) is 30.3 Å². The van der Waals surface area contributed by atoms with Crippen molar-refractivity contribution in [2.45, 2.75) is 13.3 Å². The van der Waals surface area contributed by atoms with Crippen molar-refractivity contribution < 1.29 is 14.3 Å². The molecule has 0 saturated carbocycles. The van der Waals surface area contributed by atoms with Crippen LogP contribution in [0.2, 0.25) is 0 Å². The van der Waals surface area contributed by atoms with Gasteiger partial charge in [-0.2, -0.15) is 0 Å². The zero-order valence-corrected chi connectivity index (χ0v) is 14.7. The first-order valence-corrected chi connectivity index (χ1v) is 7.44. The van der Waals surface area contributed by atoms with Gasteiger partial charge < -0.3 is 20.5 Å². The molecule has 1 aliphatic rings. The first-order chi connectivity index (χ1) is 10.5. The summed E-state index contributed by atoms with van der Waals surface area (Å²) in [5.74, 6) is 1.22.